The van der Waals surface area contributed by atoms with E-state index in [0.717, 1.165) is 12.8 Å². The van der Waals surface area contributed by atoms with Crippen molar-refractivity contribution in [2.24, 2.45) is 5.41 Å². The van der Waals surface area contributed by atoms with Gasteiger partial charge in [-0.05, 0) is 33.1 Å². The van der Waals surface area contributed by atoms with Crippen molar-refractivity contribution < 1.29 is 58.6 Å². The minimum atomic E-state index is -6.16. The van der Waals surface area contributed by atoms with Gasteiger partial charge in [0.05, 0.1) is 18.6 Å². The van der Waals surface area contributed by atoms with Gasteiger partial charge in [-0.15, -0.1) is 0 Å². The molecule has 0 atom stereocenters. The summed E-state index contributed by atoms with van der Waals surface area (Å²) in [6.07, 6.45) is -8.35. The number of carbonyl (C=O) groups is 1. The molecule has 0 aromatic carbocycles. The minimum Gasteiger partial charge on any atom is -0.465 e. The van der Waals surface area contributed by atoms with Crippen LogP contribution in [-0.2, 0) is 29.4 Å². The van der Waals surface area contributed by atoms with Crippen molar-refractivity contribution in [2.45, 2.75) is 78.1 Å². The number of allylic oxidation sites excluding steroid dienone is 1. The van der Waals surface area contributed by atoms with Gasteiger partial charge in [0.25, 0.3) is 5.09 Å². The van der Waals surface area contributed by atoms with E-state index in [1.54, 1.807) is 13.8 Å². The summed E-state index contributed by atoms with van der Waals surface area (Å²) in [5, 5.41) is -2.77. The average Bonchev–Trinajstić information content (AvgIpc) is 2.61. The second-order valence-corrected chi connectivity index (χ2v) is 8.85. The Bertz CT molecular complexity index is 711. The highest BCUT2D eigenvalue weighted by molar-refractivity contribution is 7.89. The summed E-state index contributed by atoms with van der Waals surface area (Å²) in [4.78, 5) is 19.6. The van der Waals surface area contributed by atoms with Crippen LogP contribution in [0.5, 0.6) is 0 Å². The molecule has 0 aliphatic rings. The van der Waals surface area contributed by atoms with Crippen LogP contribution in [-0.4, -0.2) is 44.5 Å². The molecule has 0 rings (SSSR count). The Hall–Kier alpha value is -1.54. The molecule has 1 N–H and O–H groups in total. The summed E-state index contributed by atoms with van der Waals surface area (Å²) in [7, 11) is -6.00. The van der Waals surface area contributed by atoms with Crippen LogP contribution >= 0.6 is 0 Å². The highest BCUT2D eigenvalue weighted by atomic mass is 32.2. The van der Waals surface area contributed by atoms with Gasteiger partial charge in [-0.3, -0.25) is 9.35 Å². The van der Waals surface area contributed by atoms with Crippen LogP contribution in [0.1, 0.15) is 65.7 Å². The summed E-state index contributed by atoms with van der Waals surface area (Å²) in [6, 6.07) is 0. The molecular weight excluding hydrogens is 474 g/mol. The fourth-order valence-corrected chi connectivity index (χ4v) is 2.80. The second-order valence-electron chi connectivity index (χ2n) is 7.53. The maximum atomic E-state index is 12.6. The predicted octanol–water partition coefficient (Wildman–Crippen LogP) is 5.48. The summed E-state index contributed by atoms with van der Waals surface area (Å²) >= 11 is 0. The summed E-state index contributed by atoms with van der Waals surface area (Å²) in [5.74, 6) is -0.283. The maximum Gasteiger partial charge on any atom is 0.425 e. The highest BCUT2D eigenvalue weighted by Gasteiger charge is 2.57. The molecule has 190 valence electrons. The molecule has 0 aromatic heterocycles. The molecule has 14 heteroatoms. The zero-order valence-corrected chi connectivity index (χ0v) is 18.8. The third kappa shape index (κ3) is 11.4. The van der Waals surface area contributed by atoms with Crippen LogP contribution in [0.3, 0.4) is 0 Å². The first-order chi connectivity index (χ1) is 14.4. The Balaban J connectivity index is 4.34. The normalized spacial score (nSPS) is 13.1. The third-order valence-corrected chi connectivity index (χ3v) is 5.17. The first kappa shape index (κ1) is 30.5. The molecule has 0 aromatic rings. The Morgan fingerprint density at radius 2 is 1.28 bits per heavy atom. The van der Waals surface area contributed by atoms with Crippen molar-refractivity contribution >= 4 is 16.1 Å². The van der Waals surface area contributed by atoms with Crippen molar-refractivity contribution in [3.05, 3.63) is 10.7 Å². The quantitative estimate of drug-likeness (QED) is 0.0639. The lowest BCUT2D eigenvalue weighted by Gasteiger charge is -2.20. The lowest BCUT2D eigenvalue weighted by Crippen LogP contribution is -2.31. The third-order valence-electron chi connectivity index (χ3n) is 4.43. The first-order valence-corrected chi connectivity index (χ1v) is 11.2. The molecule has 0 radical (unpaired) electrons. The van der Waals surface area contributed by atoms with Gasteiger partial charge in [-0.1, -0.05) is 32.6 Å². The number of rotatable bonds is 14. The molecule has 7 nitrogen and oxygen atoms in total. The molecule has 0 spiro atoms. The number of alkyl halides is 6. The molecule has 0 unspecified atom stereocenters. The average molecular weight is 502 g/mol. The number of ether oxygens (including phenoxy) is 1. The summed E-state index contributed by atoms with van der Waals surface area (Å²) in [6.45, 7) is 5.20. The fourth-order valence-electron chi connectivity index (χ4n) is 2.18. The molecule has 0 bridgehead atoms. The monoisotopic (exact) mass is 502 g/mol. The van der Waals surface area contributed by atoms with Gasteiger partial charge in [-0.2, -0.15) is 39.6 Å². The fraction of sp³-hybridized carbons (Fsp3) is 0.833. The number of esters is 1. The Morgan fingerprint density at radius 1 is 0.844 bits per heavy atom. The number of hydrogen-bond acceptors (Lipinski definition) is 6. The Morgan fingerprint density at radius 3 is 1.69 bits per heavy atom. The number of hydrogen-bond donors (Lipinski definition) is 1. The van der Waals surface area contributed by atoms with Gasteiger partial charge in [0.2, 0.25) is 0 Å². The van der Waals surface area contributed by atoms with E-state index in [-0.39, 0.29) is 19.0 Å². The van der Waals surface area contributed by atoms with E-state index in [4.69, 9.17) is 9.29 Å². The number of unbranched alkanes of at least 4 members (excludes halogenated alkanes) is 5. The standard InChI is InChI=1S/C18H28F6O7S/c1-4-16(2,3)15(25)29-11-9-7-5-6-8-10-12-30-31-14(32(26,27)28)13(17(19,20)21)18(22,23)24/h4-12H2,1-3H3,(H,26,27,28). The highest BCUT2D eigenvalue weighted by Crippen LogP contribution is 2.42. The largest absolute Gasteiger partial charge is 0.465 e. The zero-order chi connectivity index (χ0) is 25.2. The molecule has 32 heavy (non-hydrogen) atoms. The van der Waals surface area contributed by atoms with Crippen molar-refractivity contribution in [2.75, 3.05) is 13.2 Å². The maximum absolute atomic E-state index is 12.6. The van der Waals surface area contributed by atoms with Crippen LogP contribution < -0.4 is 0 Å². The minimum absolute atomic E-state index is 0.145. The van der Waals surface area contributed by atoms with E-state index < -0.39 is 45.2 Å². The molecule has 0 amide bonds. The van der Waals surface area contributed by atoms with Gasteiger partial charge in [0.15, 0.2) is 5.57 Å². The number of carbonyl (C=O) groups excluding carboxylic acids is 1. The van der Waals surface area contributed by atoms with Gasteiger partial charge in [0, 0.05) is 0 Å². The van der Waals surface area contributed by atoms with Gasteiger partial charge < -0.3 is 9.62 Å². The van der Waals surface area contributed by atoms with Gasteiger partial charge >= 0.3 is 28.4 Å². The topological polar surface area (TPSA) is 99.1 Å². The van der Waals surface area contributed by atoms with Crippen LogP contribution in [0.4, 0.5) is 26.3 Å². The molecule has 0 heterocycles. The van der Waals surface area contributed by atoms with Crippen molar-refractivity contribution in [1.29, 1.82) is 0 Å². The zero-order valence-electron chi connectivity index (χ0n) is 17.9. The lowest BCUT2D eigenvalue weighted by molar-refractivity contribution is -0.263. The van der Waals surface area contributed by atoms with E-state index in [2.05, 4.69) is 9.78 Å². The van der Waals surface area contributed by atoms with E-state index in [1.165, 1.54) is 0 Å². The van der Waals surface area contributed by atoms with Crippen LogP contribution in [0.15, 0.2) is 10.7 Å². The SMILES string of the molecule is CCC(C)(C)C(=O)OCCCCCCCCOOC(=C(C(F)(F)F)C(F)(F)F)S(=O)(=O)O. The van der Waals surface area contributed by atoms with Crippen LogP contribution in [0.25, 0.3) is 0 Å². The molecule has 0 aliphatic heterocycles. The predicted molar refractivity (Wildman–Crippen MR) is 100 cm³/mol. The van der Waals surface area contributed by atoms with E-state index in [9.17, 15) is 39.6 Å². The van der Waals surface area contributed by atoms with Crippen LogP contribution in [0, 0.1) is 5.41 Å². The Kier molecular flexibility index (Phi) is 12.0. The van der Waals surface area contributed by atoms with Crippen LogP contribution in [0.2, 0.25) is 0 Å². The molecule has 0 saturated carbocycles. The molecule has 0 fully saturated rings. The smallest absolute Gasteiger partial charge is 0.425 e. The van der Waals surface area contributed by atoms with Crippen molar-refractivity contribution in [3.63, 3.8) is 0 Å². The van der Waals surface area contributed by atoms with E-state index in [0.29, 0.717) is 25.7 Å². The summed E-state index contributed by atoms with van der Waals surface area (Å²) < 4.78 is 111. The van der Waals surface area contributed by atoms with Gasteiger partial charge in [0.1, 0.15) is 0 Å². The van der Waals surface area contributed by atoms with E-state index in [1.807, 2.05) is 6.92 Å². The first-order valence-electron chi connectivity index (χ1n) is 9.77. The number of halogens is 6. The van der Waals surface area contributed by atoms with Gasteiger partial charge in [-0.25, -0.2) is 0 Å². The summed E-state index contributed by atoms with van der Waals surface area (Å²) in [5.41, 5.74) is -4.08. The van der Waals surface area contributed by atoms with Crippen molar-refractivity contribution in [1.82, 2.24) is 0 Å². The lowest BCUT2D eigenvalue weighted by atomic mass is 9.91. The molecular formula is C18H28F6O7S. The van der Waals surface area contributed by atoms with Crippen molar-refractivity contribution in [3.8, 4) is 0 Å². The Labute approximate surface area is 182 Å². The molecule has 0 saturated heterocycles. The second kappa shape index (κ2) is 12.6. The molecule has 0 aliphatic carbocycles. The van der Waals surface area contributed by atoms with E-state index >= 15 is 0 Å².